The van der Waals surface area contributed by atoms with Crippen molar-refractivity contribution in [3.63, 3.8) is 0 Å². The van der Waals surface area contributed by atoms with E-state index in [0.29, 0.717) is 5.92 Å². The van der Waals surface area contributed by atoms with Crippen LogP contribution >= 0.6 is 0 Å². The summed E-state index contributed by atoms with van der Waals surface area (Å²) >= 11 is 0. The third-order valence-corrected chi connectivity index (χ3v) is 4.00. The average Bonchev–Trinajstić information content (AvgIpc) is 2.73. The summed E-state index contributed by atoms with van der Waals surface area (Å²) in [7, 11) is 1.82. The number of hydrogen-bond donors (Lipinski definition) is 0. The van der Waals surface area contributed by atoms with Crippen molar-refractivity contribution in [3.05, 3.63) is 65.2 Å². The number of fused-ring (bicyclic) bond motifs is 1. The molecule has 1 heterocycles. The summed E-state index contributed by atoms with van der Waals surface area (Å²) in [5.74, 6) is 0.579. The highest BCUT2D eigenvalue weighted by Crippen LogP contribution is 2.36. The number of carbonyl (C=O) groups excluding carboxylic acids is 1. The number of para-hydroxylation sites is 1. The summed E-state index contributed by atoms with van der Waals surface area (Å²) in [6, 6.07) is 16.3. The summed E-state index contributed by atoms with van der Waals surface area (Å²) in [5.41, 5.74) is 5.14. The maximum atomic E-state index is 12.4. The van der Waals surface area contributed by atoms with E-state index in [1.54, 1.807) is 4.90 Å². The Morgan fingerprint density at radius 1 is 1.00 bits per heavy atom. The van der Waals surface area contributed by atoms with Crippen molar-refractivity contribution in [2.24, 2.45) is 0 Å². The highest BCUT2D eigenvalue weighted by Gasteiger charge is 2.28. The lowest BCUT2D eigenvalue weighted by Crippen LogP contribution is -2.20. The molecule has 1 amide bonds. The lowest BCUT2D eigenvalue weighted by Gasteiger charge is -2.08. The van der Waals surface area contributed by atoms with Crippen LogP contribution in [0.25, 0.3) is 11.6 Å². The lowest BCUT2D eigenvalue weighted by atomic mass is 9.99. The summed E-state index contributed by atoms with van der Waals surface area (Å²) in [6.45, 7) is 4.36. The first kappa shape index (κ1) is 13.6. The molecule has 21 heavy (non-hydrogen) atoms. The second kappa shape index (κ2) is 5.21. The van der Waals surface area contributed by atoms with Crippen molar-refractivity contribution in [1.82, 2.24) is 0 Å². The molecule has 0 unspecified atom stereocenters. The quantitative estimate of drug-likeness (QED) is 0.748. The summed E-state index contributed by atoms with van der Waals surface area (Å²) < 4.78 is 0. The van der Waals surface area contributed by atoms with Crippen LogP contribution in [0.4, 0.5) is 5.69 Å². The van der Waals surface area contributed by atoms with Crippen LogP contribution in [0.15, 0.2) is 48.5 Å². The zero-order chi connectivity index (χ0) is 15.0. The molecule has 2 aromatic carbocycles. The molecule has 0 saturated heterocycles. The second-order valence-corrected chi connectivity index (χ2v) is 5.76. The van der Waals surface area contributed by atoms with E-state index < -0.39 is 0 Å². The highest BCUT2D eigenvalue weighted by atomic mass is 16.2. The average molecular weight is 277 g/mol. The molecule has 0 aliphatic carbocycles. The van der Waals surface area contributed by atoms with Gasteiger partial charge < -0.3 is 4.90 Å². The molecule has 0 bridgehead atoms. The third-order valence-electron chi connectivity index (χ3n) is 4.00. The van der Waals surface area contributed by atoms with Crippen LogP contribution in [-0.4, -0.2) is 13.0 Å². The van der Waals surface area contributed by atoms with Crippen LogP contribution in [-0.2, 0) is 4.79 Å². The van der Waals surface area contributed by atoms with Gasteiger partial charge in [-0.2, -0.15) is 0 Å². The molecule has 0 saturated carbocycles. The molecule has 0 spiro atoms. The molecule has 0 N–H and O–H groups in total. The molecule has 0 radical (unpaired) electrons. The van der Waals surface area contributed by atoms with Gasteiger partial charge in [0, 0.05) is 18.2 Å². The van der Waals surface area contributed by atoms with E-state index in [4.69, 9.17) is 0 Å². The van der Waals surface area contributed by atoms with Gasteiger partial charge in [0.15, 0.2) is 0 Å². The van der Waals surface area contributed by atoms with Crippen molar-refractivity contribution < 1.29 is 4.79 Å². The number of rotatable bonds is 2. The van der Waals surface area contributed by atoms with Gasteiger partial charge in [0.05, 0.1) is 5.69 Å². The fourth-order valence-corrected chi connectivity index (χ4v) is 2.68. The topological polar surface area (TPSA) is 20.3 Å². The number of nitrogens with zero attached hydrogens (tertiary/aromatic N) is 1. The Morgan fingerprint density at radius 2 is 1.67 bits per heavy atom. The normalized spacial score (nSPS) is 15.9. The third kappa shape index (κ3) is 2.38. The number of benzene rings is 2. The molecule has 0 fully saturated rings. The molecule has 2 aromatic rings. The minimum absolute atomic E-state index is 0.0594. The van der Waals surface area contributed by atoms with Crippen molar-refractivity contribution in [3.8, 4) is 0 Å². The monoisotopic (exact) mass is 277 g/mol. The maximum Gasteiger partial charge on any atom is 0.258 e. The van der Waals surface area contributed by atoms with E-state index in [9.17, 15) is 4.79 Å². The minimum Gasteiger partial charge on any atom is -0.311 e. The first-order chi connectivity index (χ1) is 10.1. The molecule has 3 rings (SSSR count). The molecule has 1 aliphatic rings. The Kier molecular flexibility index (Phi) is 3.38. The molecule has 1 aliphatic heterocycles. The Hall–Kier alpha value is -2.35. The fourth-order valence-electron chi connectivity index (χ4n) is 2.68. The predicted molar refractivity (Wildman–Crippen MR) is 88.3 cm³/mol. The van der Waals surface area contributed by atoms with Gasteiger partial charge in [0.1, 0.15) is 0 Å². The Labute approximate surface area is 125 Å². The molecular weight excluding hydrogens is 258 g/mol. The maximum absolute atomic E-state index is 12.4. The van der Waals surface area contributed by atoms with Crippen LogP contribution in [0, 0.1) is 0 Å². The zero-order valence-electron chi connectivity index (χ0n) is 12.6. The van der Waals surface area contributed by atoms with Gasteiger partial charge in [-0.3, -0.25) is 4.79 Å². The first-order valence-corrected chi connectivity index (χ1v) is 7.27. The minimum atomic E-state index is 0.0594. The number of anilines is 1. The lowest BCUT2D eigenvalue weighted by molar-refractivity contribution is -0.112. The summed E-state index contributed by atoms with van der Waals surface area (Å²) in [5, 5.41) is 0. The van der Waals surface area contributed by atoms with E-state index >= 15 is 0 Å². The molecular formula is C19H19NO. The van der Waals surface area contributed by atoms with Crippen molar-refractivity contribution in [2.75, 3.05) is 11.9 Å². The van der Waals surface area contributed by atoms with Gasteiger partial charge in [-0.1, -0.05) is 56.3 Å². The van der Waals surface area contributed by atoms with Crippen LogP contribution < -0.4 is 4.90 Å². The second-order valence-electron chi connectivity index (χ2n) is 5.76. The summed E-state index contributed by atoms with van der Waals surface area (Å²) in [6.07, 6.45) is 1.98. The van der Waals surface area contributed by atoms with Crippen molar-refractivity contribution in [2.45, 2.75) is 19.8 Å². The Morgan fingerprint density at radius 3 is 2.33 bits per heavy atom. The van der Waals surface area contributed by atoms with Crippen LogP contribution in [0.5, 0.6) is 0 Å². The number of amides is 1. The van der Waals surface area contributed by atoms with Crippen LogP contribution in [0.1, 0.15) is 36.5 Å². The fraction of sp³-hybridized carbons (Fsp3) is 0.211. The van der Waals surface area contributed by atoms with Crippen molar-refractivity contribution in [1.29, 1.82) is 0 Å². The van der Waals surface area contributed by atoms with E-state index in [1.807, 2.05) is 37.4 Å². The van der Waals surface area contributed by atoms with E-state index in [-0.39, 0.29) is 5.91 Å². The van der Waals surface area contributed by atoms with E-state index in [2.05, 4.69) is 38.1 Å². The van der Waals surface area contributed by atoms with Gasteiger partial charge in [-0.05, 0) is 29.2 Å². The smallest absolute Gasteiger partial charge is 0.258 e. The summed E-state index contributed by atoms with van der Waals surface area (Å²) in [4.78, 5) is 14.1. The van der Waals surface area contributed by atoms with Gasteiger partial charge in [-0.25, -0.2) is 0 Å². The SMILES string of the molecule is CC(C)c1ccc(C=C2C(=O)N(C)c3ccccc32)cc1. The largest absolute Gasteiger partial charge is 0.311 e. The molecule has 106 valence electrons. The first-order valence-electron chi connectivity index (χ1n) is 7.27. The molecule has 2 nitrogen and oxygen atoms in total. The van der Waals surface area contributed by atoms with E-state index in [0.717, 1.165) is 22.4 Å². The van der Waals surface area contributed by atoms with Crippen LogP contribution in [0.3, 0.4) is 0 Å². The van der Waals surface area contributed by atoms with Gasteiger partial charge in [0.25, 0.3) is 5.91 Å². The molecule has 0 aromatic heterocycles. The van der Waals surface area contributed by atoms with Crippen LogP contribution in [0.2, 0.25) is 0 Å². The standard InChI is InChI=1S/C19H19NO/c1-13(2)15-10-8-14(9-11-15)12-17-16-6-4-5-7-18(16)20(3)19(17)21/h4-13H,1-3H3. The number of carbonyl (C=O) groups is 1. The van der Waals surface area contributed by atoms with Gasteiger partial charge in [-0.15, -0.1) is 0 Å². The Bertz CT molecular complexity index is 711. The predicted octanol–water partition coefficient (Wildman–Crippen LogP) is 4.33. The number of likely N-dealkylation sites (N-methyl/N-ethyl adjacent to an activating group) is 1. The zero-order valence-corrected chi connectivity index (χ0v) is 12.6. The molecule has 2 heteroatoms. The molecule has 0 atom stereocenters. The number of hydrogen-bond acceptors (Lipinski definition) is 1. The van der Waals surface area contributed by atoms with Gasteiger partial charge >= 0.3 is 0 Å². The van der Waals surface area contributed by atoms with Gasteiger partial charge in [0.2, 0.25) is 0 Å². The highest BCUT2D eigenvalue weighted by molar-refractivity contribution is 6.35. The Balaban J connectivity index is 2.02. The van der Waals surface area contributed by atoms with Crippen molar-refractivity contribution >= 4 is 23.2 Å². The van der Waals surface area contributed by atoms with E-state index in [1.165, 1.54) is 5.56 Å².